The third-order valence-electron chi connectivity index (χ3n) is 7.61. The van der Waals surface area contributed by atoms with E-state index in [1.54, 1.807) is 12.4 Å². The molecule has 2 aliphatic rings. The number of pyridine rings is 1. The molecule has 0 radical (unpaired) electrons. The molecule has 1 saturated carbocycles. The molecule has 0 spiro atoms. The fraction of sp³-hybridized carbons (Fsp3) is 0.640. The van der Waals surface area contributed by atoms with Gasteiger partial charge in [0.25, 0.3) is 0 Å². The number of carbonyl (C=O) groups excluding carboxylic acids is 1. The van der Waals surface area contributed by atoms with E-state index in [1.165, 1.54) is 32.8 Å². The third kappa shape index (κ3) is 5.16. The molecule has 1 saturated heterocycles. The second kappa shape index (κ2) is 10.5. The molecule has 1 aliphatic carbocycles. The van der Waals surface area contributed by atoms with Crippen LogP contribution in [0.3, 0.4) is 0 Å². The van der Waals surface area contributed by atoms with Gasteiger partial charge in [-0.2, -0.15) is 0 Å². The molecule has 1 aliphatic heterocycles. The summed E-state index contributed by atoms with van der Waals surface area (Å²) in [4.78, 5) is 23.7. The number of hydrogen-bond acceptors (Lipinski definition) is 6. The van der Waals surface area contributed by atoms with E-state index < -0.39 is 6.09 Å². The molecular weight excluding hydrogens is 418 g/mol. The number of ether oxygens (including phenoxy) is 1. The predicted octanol–water partition coefficient (Wildman–Crippen LogP) is 4.46. The first-order valence-corrected chi connectivity index (χ1v) is 12.2. The fourth-order valence-electron chi connectivity index (χ4n) is 5.78. The summed E-state index contributed by atoms with van der Waals surface area (Å²) >= 11 is 0. The van der Waals surface area contributed by atoms with E-state index >= 15 is 0 Å². The molecule has 1 amide bonds. The molecule has 0 bridgehead atoms. The molecule has 2 fully saturated rings. The number of rotatable bonds is 7. The van der Waals surface area contributed by atoms with Crippen LogP contribution in [0.4, 0.5) is 4.79 Å². The molecule has 0 atom stereocenters. The molecule has 2 N–H and O–H groups in total. The van der Waals surface area contributed by atoms with E-state index in [0.29, 0.717) is 6.04 Å². The lowest BCUT2D eigenvalue weighted by Gasteiger charge is -2.42. The Morgan fingerprint density at radius 2 is 1.94 bits per heavy atom. The number of amides is 1. The number of oxime groups is 1. The van der Waals surface area contributed by atoms with Crippen LogP contribution in [0.1, 0.15) is 69.7 Å². The van der Waals surface area contributed by atoms with E-state index in [4.69, 9.17) is 15.3 Å². The second-order valence-corrected chi connectivity index (χ2v) is 9.71. The van der Waals surface area contributed by atoms with Crippen LogP contribution >= 0.6 is 0 Å². The smallest absolute Gasteiger partial charge is 0.404 e. The van der Waals surface area contributed by atoms with Gasteiger partial charge in [-0.05, 0) is 62.5 Å². The van der Waals surface area contributed by atoms with Crippen LogP contribution in [0, 0.1) is 11.8 Å². The van der Waals surface area contributed by atoms with Gasteiger partial charge in [-0.15, -0.1) is 0 Å². The highest BCUT2D eigenvalue weighted by Crippen LogP contribution is 2.36. The molecule has 2 aromatic rings. The van der Waals surface area contributed by atoms with Crippen molar-refractivity contribution in [3.63, 3.8) is 0 Å². The molecule has 8 heteroatoms. The first-order valence-electron chi connectivity index (χ1n) is 12.2. The van der Waals surface area contributed by atoms with Crippen molar-refractivity contribution in [1.82, 2.24) is 14.5 Å². The minimum absolute atomic E-state index is 0.0796. The van der Waals surface area contributed by atoms with E-state index in [1.807, 2.05) is 12.1 Å². The van der Waals surface area contributed by atoms with Crippen molar-refractivity contribution in [1.29, 1.82) is 0 Å². The largest absolute Gasteiger partial charge is 0.443 e. The van der Waals surface area contributed by atoms with Gasteiger partial charge in [0.2, 0.25) is 0 Å². The van der Waals surface area contributed by atoms with E-state index in [0.717, 1.165) is 60.1 Å². The molecule has 3 heterocycles. The number of nitrogens with two attached hydrogens (primary N) is 1. The summed E-state index contributed by atoms with van der Waals surface area (Å²) in [6.45, 7) is 6.95. The van der Waals surface area contributed by atoms with Crippen LogP contribution in [0.5, 0.6) is 0 Å². The topological polar surface area (TPSA) is 95.0 Å². The summed E-state index contributed by atoms with van der Waals surface area (Å²) in [6, 6.07) is 4.92. The van der Waals surface area contributed by atoms with Crippen molar-refractivity contribution < 1.29 is 14.4 Å². The van der Waals surface area contributed by atoms with Crippen molar-refractivity contribution in [3.05, 3.63) is 29.6 Å². The molecule has 0 aromatic carbocycles. The highest BCUT2D eigenvalue weighted by Gasteiger charge is 2.32. The SMILES string of the molecule is CON=Cc1c(COC(N)=O)n(C2CCN(C3CCC(C(C)C)CC3)CC2)c2ncccc12. The Kier molecular flexibility index (Phi) is 7.53. The minimum atomic E-state index is -0.791. The zero-order valence-corrected chi connectivity index (χ0v) is 20.1. The van der Waals surface area contributed by atoms with Gasteiger partial charge in [0, 0.05) is 42.3 Å². The number of primary amides is 1. The number of carbonyl (C=O) groups is 1. The predicted molar refractivity (Wildman–Crippen MR) is 129 cm³/mol. The van der Waals surface area contributed by atoms with Gasteiger partial charge in [-0.25, -0.2) is 9.78 Å². The molecular formula is C25H37N5O3. The van der Waals surface area contributed by atoms with Gasteiger partial charge in [-0.1, -0.05) is 19.0 Å². The Labute approximate surface area is 196 Å². The molecule has 2 aromatic heterocycles. The molecule has 4 rings (SSSR count). The zero-order chi connectivity index (χ0) is 23.4. The Morgan fingerprint density at radius 3 is 2.58 bits per heavy atom. The summed E-state index contributed by atoms with van der Waals surface area (Å²) in [6.07, 6.45) is 10.1. The number of aromatic nitrogens is 2. The van der Waals surface area contributed by atoms with Gasteiger partial charge in [0.05, 0.1) is 11.9 Å². The lowest BCUT2D eigenvalue weighted by molar-refractivity contribution is 0.0875. The molecule has 0 unspecified atom stereocenters. The van der Waals surface area contributed by atoms with Gasteiger partial charge in [0.15, 0.2) is 0 Å². The number of hydrogen-bond donors (Lipinski definition) is 1. The van der Waals surface area contributed by atoms with Crippen LogP contribution in [-0.2, 0) is 16.2 Å². The van der Waals surface area contributed by atoms with Crippen molar-refractivity contribution in [2.75, 3.05) is 20.2 Å². The summed E-state index contributed by atoms with van der Waals surface area (Å²) in [5.41, 5.74) is 7.89. The Bertz CT molecular complexity index is 970. The highest BCUT2D eigenvalue weighted by molar-refractivity contribution is 5.99. The first-order chi connectivity index (χ1) is 16.0. The molecule has 180 valence electrons. The minimum Gasteiger partial charge on any atom is -0.443 e. The van der Waals surface area contributed by atoms with Gasteiger partial charge in [0.1, 0.15) is 19.4 Å². The first kappa shape index (κ1) is 23.5. The summed E-state index contributed by atoms with van der Waals surface area (Å²) in [5, 5.41) is 4.95. The summed E-state index contributed by atoms with van der Waals surface area (Å²) in [5.74, 6) is 1.68. The van der Waals surface area contributed by atoms with Crippen LogP contribution in [0.2, 0.25) is 0 Å². The number of likely N-dealkylation sites (tertiary alicyclic amines) is 1. The zero-order valence-electron chi connectivity index (χ0n) is 20.1. The van der Waals surface area contributed by atoms with Crippen molar-refractivity contribution in [3.8, 4) is 0 Å². The summed E-state index contributed by atoms with van der Waals surface area (Å²) in [7, 11) is 1.51. The van der Waals surface area contributed by atoms with Gasteiger partial charge in [-0.3, -0.25) is 0 Å². The van der Waals surface area contributed by atoms with E-state index in [9.17, 15) is 4.79 Å². The second-order valence-electron chi connectivity index (χ2n) is 9.71. The lowest BCUT2D eigenvalue weighted by Crippen LogP contribution is -2.44. The normalized spacial score (nSPS) is 22.9. The van der Waals surface area contributed by atoms with E-state index in [2.05, 4.69) is 33.5 Å². The maximum atomic E-state index is 11.4. The monoisotopic (exact) mass is 455 g/mol. The average molecular weight is 456 g/mol. The number of fused-ring (bicyclic) bond motifs is 1. The maximum Gasteiger partial charge on any atom is 0.404 e. The summed E-state index contributed by atoms with van der Waals surface area (Å²) < 4.78 is 7.47. The maximum absolute atomic E-state index is 11.4. The van der Waals surface area contributed by atoms with Crippen molar-refractivity contribution in [2.24, 2.45) is 22.7 Å². The van der Waals surface area contributed by atoms with Gasteiger partial charge < -0.3 is 24.8 Å². The Hall–Kier alpha value is -2.61. The number of nitrogens with zero attached hydrogens (tertiary/aromatic N) is 4. The van der Waals surface area contributed by atoms with Crippen LogP contribution in [-0.4, -0.2) is 53.0 Å². The van der Waals surface area contributed by atoms with Crippen LogP contribution in [0.25, 0.3) is 11.0 Å². The van der Waals surface area contributed by atoms with Crippen molar-refractivity contribution in [2.45, 2.75) is 71.1 Å². The lowest BCUT2D eigenvalue weighted by atomic mass is 9.79. The van der Waals surface area contributed by atoms with Crippen molar-refractivity contribution >= 4 is 23.3 Å². The third-order valence-corrected chi connectivity index (χ3v) is 7.61. The van der Waals surface area contributed by atoms with Crippen LogP contribution < -0.4 is 5.73 Å². The standard InChI is InChI=1S/C25H37N5O3/c1-17(2)18-6-8-19(9-7-18)29-13-10-20(11-14-29)30-23(16-33-25(26)31)22(15-28-32-3)21-5-4-12-27-24(21)30/h4-5,12,15,17-20H,6-11,13-14,16H2,1-3H3,(H2,26,31). The average Bonchev–Trinajstić information content (AvgIpc) is 3.14. The Balaban J connectivity index is 1.55. The van der Waals surface area contributed by atoms with E-state index in [-0.39, 0.29) is 12.6 Å². The Morgan fingerprint density at radius 1 is 1.21 bits per heavy atom. The van der Waals surface area contributed by atoms with Gasteiger partial charge >= 0.3 is 6.09 Å². The molecule has 8 nitrogen and oxygen atoms in total. The number of piperidine rings is 1. The molecule has 33 heavy (non-hydrogen) atoms. The fourth-order valence-corrected chi connectivity index (χ4v) is 5.78. The quantitative estimate of drug-likeness (QED) is 0.491. The van der Waals surface area contributed by atoms with Crippen LogP contribution in [0.15, 0.2) is 23.5 Å². The highest BCUT2D eigenvalue weighted by atomic mass is 16.6.